The summed E-state index contributed by atoms with van der Waals surface area (Å²) < 4.78 is 2.27. The molecule has 0 radical (unpaired) electrons. The SMILES string of the molecule is Cc1cc(C2=Cc3ccccc3C(c3ccc4c(c3)nc(-c3ccccc3)n4-c3ccccc3)N2)ccc1N(c1ccccc1)C(C)c1ccccc1. The molecule has 7 aromatic carbocycles. The fourth-order valence-electron chi connectivity index (χ4n) is 7.80. The van der Waals surface area contributed by atoms with E-state index in [1.807, 2.05) is 6.07 Å². The van der Waals surface area contributed by atoms with Crippen molar-refractivity contribution in [2.45, 2.75) is 25.9 Å². The van der Waals surface area contributed by atoms with E-state index < -0.39 is 0 Å². The minimum Gasteiger partial charge on any atom is -0.374 e. The number of nitrogens with zero attached hydrogens (tertiary/aromatic N) is 3. The first kappa shape index (κ1) is 32.3. The van der Waals surface area contributed by atoms with E-state index in [4.69, 9.17) is 4.98 Å². The van der Waals surface area contributed by atoms with Crippen molar-refractivity contribution >= 4 is 34.2 Å². The Balaban J connectivity index is 1.10. The molecule has 8 aromatic rings. The van der Waals surface area contributed by atoms with E-state index in [9.17, 15) is 0 Å². The lowest BCUT2D eigenvalue weighted by Gasteiger charge is -2.34. The number of nitrogens with one attached hydrogen (secondary N) is 1. The first-order valence-corrected chi connectivity index (χ1v) is 18.3. The first-order chi connectivity index (χ1) is 26.1. The molecular weight excluding hydrogens is 645 g/mol. The molecule has 1 aliphatic heterocycles. The number of hydrogen-bond donors (Lipinski definition) is 1. The first-order valence-electron chi connectivity index (χ1n) is 18.3. The van der Waals surface area contributed by atoms with Crippen LogP contribution in [-0.2, 0) is 0 Å². The molecule has 0 fully saturated rings. The van der Waals surface area contributed by atoms with Crippen LogP contribution in [-0.4, -0.2) is 9.55 Å². The average Bonchev–Trinajstić information content (AvgIpc) is 3.61. The van der Waals surface area contributed by atoms with Gasteiger partial charge in [-0.25, -0.2) is 4.98 Å². The third-order valence-corrected chi connectivity index (χ3v) is 10.4. The van der Waals surface area contributed by atoms with Gasteiger partial charge in [0.05, 0.1) is 23.1 Å². The van der Waals surface area contributed by atoms with E-state index in [0.717, 1.165) is 39.4 Å². The fourth-order valence-corrected chi connectivity index (χ4v) is 7.80. The lowest BCUT2D eigenvalue weighted by molar-refractivity contribution is 0.737. The minimum absolute atomic E-state index is 0.0449. The van der Waals surface area contributed by atoms with Gasteiger partial charge in [0, 0.05) is 28.3 Å². The van der Waals surface area contributed by atoms with Gasteiger partial charge >= 0.3 is 0 Å². The molecule has 53 heavy (non-hydrogen) atoms. The van der Waals surface area contributed by atoms with Crippen molar-refractivity contribution in [2.24, 2.45) is 0 Å². The Kier molecular flexibility index (Phi) is 8.41. The molecule has 2 heterocycles. The number of fused-ring (bicyclic) bond motifs is 2. The lowest BCUT2D eigenvalue weighted by atomic mass is 9.89. The molecule has 9 rings (SSSR count). The van der Waals surface area contributed by atoms with Crippen LogP contribution in [0.25, 0.3) is 39.9 Å². The van der Waals surface area contributed by atoms with Crippen LogP contribution in [0.15, 0.2) is 182 Å². The zero-order chi connectivity index (χ0) is 35.7. The Morgan fingerprint density at radius 1 is 0.642 bits per heavy atom. The largest absolute Gasteiger partial charge is 0.374 e. The highest BCUT2D eigenvalue weighted by Gasteiger charge is 2.26. The second-order valence-corrected chi connectivity index (χ2v) is 13.8. The third kappa shape index (κ3) is 6.08. The van der Waals surface area contributed by atoms with Crippen molar-refractivity contribution in [3.8, 4) is 17.1 Å². The number of para-hydroxylation sites is 2. The van der Waals surface area contributed by atoms with Crippen molar-refractivity contribution in [2.75, 3.05) is 4.90 Å². The summed E-state index contributed by atoms with van der Waals surface area (Å²) in [5.41, 5.74) is 15.0. The molecule has 4 nitrogen and oxygen atoms in total. The van der Waals surface area contributed by atoms with Gasteiger partial charge in [0.1, 0.15) is 5.82 Å². The Hall–Kier alpha value is -6.65. The van der Waals surface area contributed by atoms with Crippen molar-refractivity contribution in [1.29, 1.82) is 0 Å². The maximum absolute atomic E-state index is 5.26. The summed E-state index contributed by atoms with van der Waals surface area (Å²) in [5, 5.41) is 3.96. The monoisotopic (exact) mass is 684 g/mol. The molecule has 2 unspecified atom stereocenters. The number of aromatic nitrogens is 2. The quantitative estimate of drug-likeness (QED) is 0.173. The van der Waals surface area contributed by atoms with Crippen molar-refractivity contribution < 1.29 is 0 Å². The number of anilines is 2. The van der Waals surface area contributed by atoms with Crippen molar-refractivity contribution in [1.82, 2.24) is 14.9 Å². The topological polar surface area (TPSA) is 33.1 Å². The summed E-state index contributed by atoms with van der Waals surface area (Å²) in [7, 11) is 0. The molecule has 256 valence electrons. The Labute approximate surface area is 311 Å². The van der Waals surface area contributed by atoms with Gasteiger partial charge < -0.3 is 10.2 Å². The zero-order valence-corrected chi connectivity index (χ0v) is 29.9. The molecule has 0 saturated heterocycles. The van der Waals surface area contributed by atoms with Gasteiger partial charge in [0.15, 0.2) is 0 Å². The van der Waals surface area contributed by atoms with E-state index >= 15 is 0 Å². The zero-order valence-electron chi connectivity index (χ0n) is 29.9. The molecule has 0 spiro atoms. The van der Waals surface area contributed by atoms with E-state index in [1.165, 1.54) is 39.2 Å². The highest BCUT2D eigenvalue weighted by Crippen LogP contribution is 2.40. The molecule has 2 atom stereocenters. The summed E-state index contributed by atoms with van der Waals surface area (Å²) in [5.74, 6) is 0.934. The second-order valence-electron chi connectivity index (χ2n) is 13.8. The lowest BCUT2D eigenvalue weighted by Crippen LogP contribution is -2.25. The van der Waals surface area contributed by atoms with Gasteiger partial charge in [0.2, 0.25) is 0 Å². The fraction of sp³-hybridized carbons (Fsp3) is 0.0816. The summed E-state index contributed by atoms with van der Waals surface area (Å²) in [6.07, 6.45) is 2.29. The molecule has 1 aliphatic rings. The molecular formula is C49H40N4. The molecule has 0 saturated carbocycles. The predicted molar refractivity (Wildman–Crippen MR) is 220 cm³/mol. The van der Waals surface area contributed by atoms with Gasteiger partial charge in [-0.3, -0.25) is 4.57 Å². The Morgan fingerprint density at radius 2 is 1.30 bits per heavy atom. The van der Waals surface area contributed by atoms with Gasteiger partial charge in [-0.05, 0) is 102 Å². The van der Waals surface area contributed by atoms with Crippen LogP contribution in [0.1, 0.15) is 52.4 Å². The number of benzene rings is 7. The highest BCUT2D eigenvalue weighted by molar-refractivity contribution is 5.87. The highest BCUT2D eigenvalue weighted by atomic mass is 15.2. The van der Waals surface area contributed by atoms with Crippen LogP contribution in [0.2, 0.25) is 0 Å². The van der Waals surface area contributed by atoms with Crippen LogP contribution in [0.5, 0.6) is 0 Å². The van der Waals surface area contributed by atoms with Crippen LogP contribution in [0, 0.1) is 6.92 Å². The maximum atomic E-state index is 5.26. The van der Waals surface area contributed by atoms with Crippen LogP contribution < -0.4 is 10.2 Å². The minimum atomic E-state index is -0.0449. The van der Waals surface area contributed by atoms with Crippen LogP contribution in [0.4, 0.5) is 11.4 Å². The second kappa shape index (κ2) is 13.8. The van der Waals surface area contributed by atoms with E-state index in [0.29, 0.717) is 0 Å². The number of hydrogen-bond acceptors (Lipinski definition) is 3. The molecule has 4 heteroatoms. The molecule has 0 bridgehead atoms. The number of aryl methyl sites for hydroxylation is 1. The summed E-state index contributed by atoms with van der Waals surface area (Å²) in [6, 6.07) is 64.8. The Morgan fingerprint density at radius 3 is 2.04 bits per heavy atom. The summed E-state index contributed by atoms with van der Waals surface area (Å²) in [4.78, 5) is 7.71. The average molecular weight is 685 g/mol. The molecule has 1 N–H and O–H groups in total. The van der Waals surface area contributed by atoms with E-state index in [2.05, 4.69) is 211 Å². The molecule has 0 amide bonds. The van der Waals surface area contributed by atoms with Gasteiger partial charge in [0.25, 0.3) is 0 Å². The van der Waals surface area contributed by atoms with Gasteiger partial charge in [-0.1, -0.05) is 133 Å². The van der Waals surface area contributed by atoms with Gasteiger partial charge in [-0.15, -0.1) is 0 Å². The smallest absolute Gasteiger partial charge is 0.145 e. The van der Waals surface area contributed by atoms with E-state index in [-0.39, 0.29) is 12.1 Å². The summed E-state index contributed by atoms with van der Waals surface area (Å²) in [6.45, 7) is 4.51. The van der Waals surface area contributed by atoms with Crippen LogP contribution >= 0.6 is 0 Å². The van der Waals surface area contributed by atoms with Crippen LogP contribution in [0.3, 0.4) is 0 Å². The van der Waals surface area contributed by atoms with E-state index in [1.54, 1.807) is 0 Å². The summed E-state index contributed by atoms with van der Waals surface area (Å²) >= 11 is 0. The van der Waals surface area contributed by atoms with Crippen molar-refractivity contribution in [3.05, 3.63) is 215 Å². The molecule has 0 aliphatic carbocycles. The van der Waals surface area contributed by atoms with Crippen molar-refractivity contribution in [3.63, 3.8) is 0 Å². The molecule has 1 aromatic heterocycles. The Bertz CT molecular complexity index is 2560. The standard InChI is InChI=1S/C49H40N4/c1-34-31-39(27-29-46(34)52(41-22-11-5-12-23-41)35(2)36-17-7-3-8-18-36)44-32-38-21-15-16-26-43(38)48(50-44)40-28-30-47-45(33-40)51-49(37-19-9-4-10-20-37)53(47)42-24-13-6-14-25-42/h3-33,35,48,50H,1-2H3. The predicted octanol–water partition coefficient (Wildman–Crippen LogP) is 12.1. The maximum Gasteiger partial charge on any atom is 0.145 e. The normalized spacial score (nSPS) is 14.2. The number of rotatable bonds is 8. The number of imidazole rings is 1. The van der Waals surface area contributed by atoms with Gasteiger partial charge in [-0.2, -0.15) is 0 Å². The third-order valence-electron chi connectivity index (χ3n) is 10.4.